The molecule has 0 spiro atoms. The van der Waals surface area contributed by atoms with Gasteiger partial charge in [0.1, 0.15) is 22.9 Å². The number of benzene rings is 2. The van der Waals surface area contributed by atoms with Crippen LogP contribution < -0.4 is 10.1 Å². The van der Waals surface area contributed by atoms with Crippen LogP contribution in [0.15, 0.2) is 42.5 Å². The minimum absolute atomic E-state index is 0.0387. The molecule has 0 aliphatic carbocycles. The van der Waals surface area contributed by atoms with Gasteiger partial charge in [-0.25, -0.2) is 8.78 Å². The third kappa shape index (κ3) is 5.62. The van der Waals surface area contributed by atoms with Crippen LogP contribution in [0.3, 0.4) is 0 Å². The fraction of sp³-hybridized carbons (Fsp3) is 0.500. The number of rotatable bonds is 8. The fourth-order valence-electron chi connectivity index (χ4n) is 5.82. The maximum Gasteiger partial charge on any atom is 0.259 e. The second-order valence-corrected chi connectivity index (χ2v) is 10.3. The summed E-state index contributed by atoms with van der Waals surface area (Å²) in [5.41, 5.74) is 0.557. The summed E-state index contributed by atoms with van der Waals surface area (Å²) in [4.78, 5) is 29.6. The van der Waals surface area contributed by atoms with Gasteiger partial charge >= 0.3 is 0 Å². The number of halogens is 2. The lowest BCUT2D eigenvalue weighted by Crippen LogP contribution is -2.37. The monoisotopic (exact) mass is 513 g/mol. The van der Waals surface area contributed by atoms with Crippen LogP contribution in [0, 0.1) is 29.4 Å². The maximum absolute atomic E-state index is 14.4. The molecular formula is C28H33F2N3O4. The predicted molar refractivity (Wildman–Crippen MR) is 133 cm³/mol. The van der Waals surface area contributed by atoms with E-state index in [1.807, 2.05) is 30.3 Å². The summed E-state index contributed by atoms with van der Waals surface area (Å²) in [6.45, 7) is 4.49. The van der Waals surface area contributed by atoms with Gasteiger partial charge in [-0.05, 0) is 30.2 Å². The molecule has 9 heteroatoms. The van der Waals surface area contributed by atoms with Crippen molar-refractivity contribution < 1.29 is 27.8 Å². The molecule has 4 atom stereocenters. The lowest BCUT2D eigenvalue weighted by Gasteiger charge is -2.25. The molecule has 1 N–H and O–H groups in total. The molecule has 3 unspecified atom stereocenters. The van der Waals surface area contributed by atoms with Gasteiger partial charge in [0, 0.05) is 51.5 Å². The first-order valence-electron chi connectivity index (χ1n) is 12.9. The predicted octanol–water partition coefficient (Wildman–Crippen LogP) is 3.26. The lowest BCUT2D eigenvalue weighted by atomic mass is 10.0. The normalized spacial score (nSPS) is 24.2. The Balaban J connectivity index is 1.17. The van der Waals surface area contributed by atoms with Gasteiger partial charge < -0.3 is 24.6 Å². The lowest BCUT2D eigenvalue weighted by molar-refractivity contribution is -0.125. The summed E-state index contributed by atoms with van der Waals surface area (Å²) in [5.74, 6) is -1.92. The second kappa shape index (κ2) is 11.1. The van der Waals surface area contributed by atoms with Gasteiger partial charge in [-0.15, -0.1) is 0 Å². The van der Waals surface area contributed by atoms with Gasteiger partial charge in [-0.1, -0.05) is 30.3 Å². The zero-order chi connectivity index (χ0) is 25.9. The number of amides is 2. The largest absolute Gasteiger partial charge is 0.497 e. The average Bonchev–Trinajstić information content (AvgIpc) is 3.63. The van der Waals surface area contributed by atoms with E-state index in [4.69, 9.17) is 9.47 Å². The number of hydrogen-bond acceptors (Lipinski definition) is 5. The Morgan fingerprint density at radius 3 is 2.35 bits per heavy atom. The zero-order valence-electron chi connectivity index (χ0n) is 21.0. The Morgan fingerprint density at radius 1 is 1.08 bits per heavy atom. The molecule has 0 saturated carbocycles. The fourth-order valence-corrected chi connectivity index (χ4v) is 5.82. The van der Waals surface area contributed by atoms with Crippen LogP contribution in [-0.2, 0) is 9.53 Å². The molecule has 0 radical (unpaired) electrons. The first-order chi connectivity index (χ1) is 17.9. The van der Waals surface area contributed by atoms with Crippen molar-refractivity contribution in [2.24, 2.45) is 17.8 Å². The van der Waals surface area contributed by atoms with E-state index in [9.17, 15) is 18.4 Å². The molecule has 2 amide bonds. The molecule has 3 fully saturated rings. The Labute approximate surface area is 215 Å². The summed E-state index contributed by atoms with van der Waals surface area (Å²) < 4.78 is 39.2. The van der Waals surface area contributed by atoms with Crippen LogP contribution in [0.5, 0.6) is 5.75 Å². The molecule has 2 aromatic carbocycles. The van der Waals surface area contributed by atoms with E-state index in [2.05, 4.69) is 10.2 Å². The molecule has 3 aliphatic heterocycles. The molecule has 37 heavy (non-hydrogen) atoms. The summed E-state index contributed by atoms with van der Waals surface area (Å²) in [6, 6.07) is 12.0. The van der Waals surface area contributed by atoms with Crippen molar-refractivity contribution in [1.29, 1.82) is 0 Å². The van der Waals surface area contributed by atoms with Crippen molar-refractivity contribution in [3.8, 4) is 5.75 Å². The Bertz CT molecular complexity index is 1090. The highest BCUT2D eigenvalue weighted by Crippen LogP contribution is 2.33. The molecule has 3 heterocycles. The van der Waals surface area contributed by atoms with E-state index in [1.165, 1.54) is 7.11 Å². The number of carbonyl (C=O) groups is 2. The standard InChI is InChI=1S/C28H33F2N3O4/c1-36-22-11-23(29)26(24(30)12-22)28(35)33-15-20-13-32(14-21(20)16-33)9-7-25(18-5-3-2-4-6-18)31-27(34)19-8-10-37-17-19/h2-6,11-12,19-21,25H,7-10,13-17H2,1H3,(H,31,34)/t19?,20?,21?,25-/m0/s1. The number of nitrogens with one attached hydrogen (secondary N) is 1. The topological polar surface area (TPSA) is 71.1 Å². The number of methoxy groups -OCH3 is 1. The van der Waals surface area contributed by atoms with Crippen LogP contribution in [0.25, 0.3) is 0 Å². The third-order valence-corrected chi connectivity index (χ3v) is 7.87. The van der Waals surface area contributed by atoms with E-state index >= 15 is 0 Å². The van der Waals surface area contributed by atoms with E-state index in [0.717, 1.165) is 50.2 Å². The molecule has 3 saturated heterocycles. The molecular weight excluding hydrogens is 480 g/mol. The van der Waals surface area contributed by atoms with Gasteiger partial charge in [-0.3, -0.25) is 9.59 Å². The number of likely N-dealkylation sites (tertiary alicyclic amines) is 2. The van der Waals surface area contributed by atoms with Crippen molar-refractivity contribution in [2.45, 2.75) is 18.9 Å². The summed E-state index contributed by atoms with van der Waals surface area (Å²) in [5, 5.41) is 3.23. The van der Waals surface area contributed by atoms with Crippen LogP contribution >= 0.6 is 0 Å². The molecule has 3 aliphatic rings. The van der Waals surface area contributed by atoms with E-state index < -0.39 is 23.1 Å². The molecule has 7 nitrogen and oxygen atoms in total. The smallest absolute Gasteiger partial charge is 0.259 e. The van der Waals surface area contributed by atoms with E-state index in [0.29, 0.717) is 26.3 Å². The number of nitrogens with zero attached hydrogens (tertiary/aromatic N) is 2. The van der Waals surface area contributed by atoms with Crippen LogP contribution in [0.2, 0.25) is 0 Å². The number of carbonyl (C=O) groups excluding carboxylic acids is 2. The van der Waals surface area contributed by atoms with Crippen LogP contribution in [0.1, 0.15) is 34.8 Å². The number of hydrogen-bond donors (Lipinski definition) is 1. The zero-order valence-corrected chi connectivity index (χ0v) is 21.0. The Morgan fingerprint density at radius 2 is 1.76 bits per heavy atom. The quantitative estimate of drug-likeness (QED) is 0.587. The SMILES string of the molecule is COc1cc(F)c(C(=O)N2CC3CN(CC[C@H](NC(=O)C4CCOC4)c4ccccc4)CC3C2)c(F)c1. The minimum atomic E-state index is -0.904. The van der Waals surface area contributed by atoms with Gasteiger partial charge in [0.05, 0.1) is 25.7 Å². The number of ether oxygens (including phenoxy) is 2. The van der Waals surface area contributed by atoms with Gasteiger partial charge in [0.25, 0.3) is 5.91 Å². The minimum Gasteiger partial charge on any atom is -0.497 e. The molecule has 0 aromatic heterocycles. The van der Waals surface area contributed by atoms with Crippen LogP contribution in [0.4, 0.5) is 8.78 Å². The van der Waals surface area contributed by atoms with Gasteiger partial charge in [-0.2, -0.15) is 0 Å². The van der Waals surface area contributed by atoms with Crippen molar-refractivity contribution in [1.82, 2.24) is 15.1 Å². The molecule has 0 bridgehead atoms. The highest BCUT2D eigenvalue weighted by atomic mass is 19.1. The van der Waals surface area contributed by atoms with Crippen molar-refractivity contribution >= 4 is 11.8 Å². The Kier molecular flexibility index (Phi) is 7.71. The summed E-state index contributed by atoms with van der Waals surface area (Å²) in [7, 11) is 1.32. The summed E-state index contributed by atoms with van der Waals surface area (Å²) >= 11 is 0. The Hall–Kier alpha value is -3.04. The van der Waals surface area contributed by atoms with Crippen LogP contribution in [-0.4, -0.2) is 74.7 Å². The number of fused-ring (bicyclic) bond motifs is 1. The molecule has 198 valence electrons. The molecule has 2 aromatic rings. The second-order valence-electron chi connectivity index (χ2n) is 10.3. The first kappa shape index (κ1) is 25.6. The van der Waals surface area contributed by atoms with Gasteiger partial charge in [0.15, 0.2) is 0 Å². The van der Waals surface area contributed by atoms with Crippen molar-refractivity contribution in [3.05, 3.63) is 65.2 Å². The maximum atomic E-state index is 14.4. The van der Waals surface area contributed by atoms with Gasteiger partial charge in [0.2, 0.25) is 5.91 Å². The van der Waals surface area contributed by atoms with Crippen molar-refractivity contribution in [2.75, 3.05) is 53.0 Å². The van der Waals surface area contributed by atoms with E-state index in [1.54, 1.807) is 4.90 Å². The average molecular weight is 514 g/mol. The third-order valence-electron chi connectivity index (χ3n) is 7.87. The van der Waals surface area contributed by atoms with E-state index in [-0.39, 0.29) is 35.5 Å². The summed E-state index contributed by atoms with van der Waals surface area (Å²) in [6.07, 6.45) is 1.52. The highest BCUT2D eigenvalue weighted by molar-refractivity contribution is 5.95. The van der Waals surface area contributed by atoms with Crippen molar-refractivity contribution in [3.63, 3.8) is 0 Å². The molecule has 5 rings (SSSR count). The first-order valence-corrected chi connectivity index (χ1v) is 12.9. The highest BCUT2D eigenvalue weighted by Gasteiger charge is 2.42.